The number of nitrogens with one attached hydrogen (secondary N) is 1. The number of benzene rings is 1. The zero-order chi connectivity index (χ0) is 25.9. The highest BCUT2D eigenvalue weighted by Gasteiger charge is 2.29. The second kappa shape index (κ2) is 10.9. The van der Waals surface area contributed by atoms with Gasteiger partial charge in [-0.2, -0.15) is 8.78 Å². The second-order valence-corrected chi connectivity index (χ2v) is 9.10. The number of rotatable bonds is 10. The van der Waals surface area contributed by atoms with Crippen molar-refractivity contribution in [2.75, 3.05) is 33.5 Å². The van der Waals surface area contributed by atoms with Crippen molar-refractivity contribution in [3.05, 3.63) is 41.7 Å². The van der Waals surface area contributed by atoms with Gasteiger partial charge in [-0.3, -0.25) is 9.20 Å². The minimum atomic E-state index is -3.13. The molecule has 2 N–H and O–H groups in total. The van der Waals surface area contributed by atoms with E-state index in [9.17, 15) is 18.7 Å². The van der Waals surface area contributed by atoms with Crippen LogP contribution >= 0.6 is 0 Å². The largest absolute Gasteiger partial charge is 0.496 e. The number of carbonyl (C=O) groups excluding carboxylic acids is 1. The summed E-state index contributed by atoms with van der Waals surface area (Å²) < 4.78 is 50.0. The summed E-state index contributed by atoms with van der Waals surface area (Å²) in [6, 6.07) is 4.96. The van der Waals surface area contributed by atoms with E-state index in [1.165, 1.54) is 13.2 Å². The third kappa shape index (κ3) is 5.47. The van der Waals surface area contributed by atoms with Crippen LogP contribution in [0.2, 0.25) is 0 Å². The molecule has 0 bridgehead atoms. The van der Waals surface area contributed by atoms with Gasteiger partial charge in [0.05, 0.1) is 31.8 Å². The van der Waals surface area contributed by atoms with Gasteiger partial charge in [-0.25, -0.2) is 4.98 Å². The number of pyridine rings is 1. The summed E-state index contributed by atoms with van der Waals surface area (Å²) in [7, 11) is 1.37. The van der Waals surface area contributed by atoms with E-state index in [4.69, 9.17) is 18.9 Å². The molecule has 0 atom stereocenters. The van der Waals surface area contributed by atoms with E-state index in [2.05, 4.69) is 10.3 Å². The van der Waals surface area contributed by atoms with Crippen LogP contribution in [0.4, 0.5) is 8.78 Å². The van der Waals surface area contributed by atoms with Crippen molar-refractivity contribution in [3.63, 3.8) is 0 Å². The standard InChI is InChI=1S/C26H29F2N3O6/c1-34-20-10-16(11-21(37-26(27)28)24(20)25(33)30-17-2-3-17)19-13-29-23-12-18(15-4-7-35-8-5-15)22(14-31(19)23)36-9-6-32/h10-15,17,26,32H,2-9H2,1H3,(H,30,33). The summed E-state index contributed by atoms with van der Waals surface area (Å²) in [6.45, 7) is -1.84. The van der Waals surface area contributed by atoms with Gasteiger partial charge in [-0.1, -0.05) is 0 Å². The Hall–Kier alpha value is -3.44. The highest BCUT2D eigenvalue weighted by molar-refractivity contribution is 6.01. The molecular formula is C26H29F2N3O6. The van der Waals surface area contributed by atoms with Crippen molar-refractivity contribution in [2.45, 2.75) is 44.3 Å². The van der Waals surface area contributed by atoms with Gasteiger partial charge < -0.3 is 29.4 Å². The first-order valence-corrected chi connectivity index (χ1v) is 12.3. The van der Waals surface area contributed by atoms with Crippen molar-refractivity contribution >= 4 is 11.6 Å². The molecule has 198 valence electrons. The fraction of sp³-hybridized carbons (Fsp3) is 0.462. The molecule has 1 saturated heterocycles. The predicted molar refractivity (Wildman–Crippen MR) is 130 cm³/mol. The van der Waals surface area contributed by atoms with Crippen LogP contribution in [0.1, 0.15) is 47.5 Å². The Morgan fingerprint density at radius 1 is 1.19 bits per heavy atom. The van der Waals surface area contributed by atoms with Crippen LogP contribution in [0, 0.1) is 0 Å². The molecule has 3 aromatic rings. The average Bonchev–Trinajstić information content (AvgIpc) is 3.62. The molecule has 0 unspecified atom stereocenters. The number of fused-ring (bicyclic) bond motifs is 1. The van der Waals surface area contributed by atoms with E-state index in [1.54, 1.807) is 22.9 Å². The number of aromatic nitrogens is 2. The molecule has 1 aliphatic carbocycles. The highest BCUT2D eigenvalue weighted by Crippen LogP contribution is 2.39. The molecule has 3 heterocycles. The maximum Gasteiger partial charge on any atom is 0.387 e. The minimum Gasteiger partial charge on any atom is -0.496 e. The lowest BCUT2D eigenvalue weighted by Crippen LogP contribution is -2.26. The topological polar surface area (TPSA) is 104 Å². The van der Waals surface area contributed by atoms with Crippen LogP contribution in [0.15, 0.2) is 30.6 Å². The molecule has 5 rings (SSSR count). The summed E-state index contributed by atoms with van der Waals surface area (Å²) in [4.78, 5) is 17.4. The van der Waals surface area contributed by atoms with Gasteiger partial charge in [-0.15, -0.1) is 0 Å². The molecule has 0 radical (unpaired) electrons. The van der Waals surface area contributed by atoms with Crippen LogP contribution in [0.5, 0.6) is 17.2 Å². The summed E-state index contributed by atoms with van der Waals surface area (Å²) in [5, 5.41) is 12.1. The Labute approximate surface area is 212 Å². The summed E-state index contributed by atoms with van der Waals surface area (Å²) >= 11 is 0. The quantitative estimate of drug-likeness (QED) is 0.422. The molecule has 1 amide bonds. The maximum atomic E-state index is 13.3. The van der Waals surface area contributed by atoms with Crippen LogP contribution in [0.25, 0.3) is 16.9 Å². The normalized spacial score (nSPS) is 16.2. The molecule has 9 nitrogen and oxygen atoms in total. The molecule has 37 heavy (non-hydrogen) atoms. The lowest BCUT2D eigenvalue weighted by Gasteiger charge is -2.24. The third-order valence-corrected chi connectivity index (χ3v) is 6.59. The summed E-state index contributed by atoms with van der Waals surface area (Å²) in [6.07, 6.45) is 6.77. The fourth-order valence-electron chi connectivity index (χ4n) is 4.63. The van der Waals surface area contributed by atoms with Gasteiger partial charge in [0.15, 0.2) is 0 Å². The summed E-state index contributed by atoms with van der Waals surface area (Å²) in [5.41, 5.74) is 2.57. The Kier molecular flexibility index (Phi) is 7.43. The number of hydrogen-bond acceptors (Lipinski definition) is 7. The van der Waals surface area contributed by atoms with Crippen molar-refractivity contribution in [3.8, 4) is 28.5 Å². The number of hydrogen-bond donors (Lipinski definition) is 2. The van der Waals surface area contributed by atoms with Crippen molar-refractivity contribution in [1.82, 2.24) is 14.7 Å². The van der Waals surface area contributed by atoms with Crippen molar-refractivity contribution in [1.29, 1.82) is 0 Å². The zero-order valence-electron chi connectivity index (χ0n) is 20.4. The minimum absolute atomic E-state index is 0.0253. The molecule has 0 spiro atoms. The smallest absolute Gasteiger partial charge is 0.387 e. The van der Waals surface area contributed by atoms with E-state index >= 15 is 0 Å². The van der Waals surface area contributed by atoms with E-state index in [1.807, 2.05) is 6.07 Å². The molecule has 1 saturated carbocycles. The Bertz CT molecular complexity index is 1270. The van der Waals surface area contributed by atoms with E-state index in [-0.39, 0.29) is 42.2 Å². The molecule has 1 aromatic carbocycles. The number of imidazole rings is 1. The lowest BCUT2D eigenvalue weighted by molar-refractivity contribution is -0.0502. The van der Waals surface area contributed by atoms with Gasteiger partial charge in [-0.05, 0) is 49.8 Å². The number of aliphatic hydroxyl groups is 1. The first kappa shape index (κ1) is 25.2. The number of nitrogens with zero attached hydrogens (tertiary/aromatic N) is 2. The Morgan fingerprint density at radius 3 is 2.62 bits per heavy atom. The second-order valence-electron chi connectivity index (χ2n) is 9.10. The molecule has 2 aliphatic rings. The molecule has 2 aromatic heterocycles. The zero-order valence-corrected chi connectivity index (χ0v) is 20.4. The van der Waals surface area contributed by atoms with E-state index in [0.717, 1.165) is 31.2 Å². The van der Waals surface area contributed by atoms with Crippen LogP contribution in [0.3, 0.4) is 0 Å². The number of amides is 1. The SMILES string of the molecule is COc1cc(-c2cnc3cc(C4CCOCC4)c(OCCO)cn23)cc(OC(F)F)c1C(=O)NC1CC1. The molecular weight excluding hydrogens is 488 g/mol. The monoisotopic (exact) mass is 517 g/mol. The number of halogens is 2. The van der Waals surface area contributed by atoms with Crippen LogP contribution in [-0.2, 0) is 4.74 Å². The highest BCUT2D eigenvalue weighted by atomic mass is 19.3. The van der Waals surface area contributed by atoms with Crippen molar-refractivity contribution in [2.24, 2.45) is 0 Å². The Balaban J connectivity index is 1.59. The van der Waals surface area contributed by atoms with Gasteiger partial charge >= 0.3 is 6.61 Å². The van der Waals surface area contributed by atoms with Crippen molar-refractivity contribution < 1.29 is 37.6 Å². The number of methoxy groups -OCH3 is 1. The predicted octanol–water partition coefficient (Wildman–Crippen LogP) is 3.77. The van der Waals surface area contributed by atoms with Gasteiger partial charge in [0.2, 0.25) is 0 Å². The average molecular weight is 518 g/mol. The van der Waals surface area contributed by atoms with Crippen LogP contribution in [-0.4, -0.2) is 66.6 Å². The first-order valence-electron chi connectivity index (χ1n) is 12.3. The molecule has 1 aliphatic heterocycles. The number of alkyl halides is 2. The lowest BCUT2D eigenvalue weighted by atomic mass is 9.91. The molecule has 11 heteroatoms. The Morgan fingerprint density at radius 2 is 1.95 bits per heavy atom. The van der Waals surface area contributed by atoms with Gasteiger partial charge in [0, 0.05) is 30.4 Å². The van der Waals surface area contributed by atoms with E-state index < -0.39 is 12.5 Å². The number of ether oxygens (including phenoxy) is 4. The van der Waals surface area contributed by atoms with E-state index in [0.29, 0.717) is 35.9 Å². The van der Waals surface area contributed by atoms with Gasteiger partial charge in [0.1, 0.15) is 35.1 Å². The third-order valence-electron chi connectivity index (χ3n) is 6.59. The maximum absolute atomic E-state index is 13.3. The number of carbonyl (C=O) groups is 1. The van der Waals surface area contributed by atoms with Crippen LogP contribution < -0.4 is 19.5 Å². The fourth-order valence-corrected chi connectivity index (χ4v) is 4.63. The first-order chi connectivity index (χ1) is 18.0. The molecule has 2 fully saturated rings. The van der Waals surface area contributed by atoms with Gasteiger partial charge in [0.25, 0.3) is 5.91 Å². The number of aliphatic hydroxyl groups excluding tert-OH is 1. The summed E-state index contributed by atoms with van der Waals surface area (Å²) in [5.74, 6) is 0.123.